The maximum Gasteiger partial charge on any atom is 0.245 e. The summed E-state index contributed by atoms with van der Waals surface area (Å²) in [6, 6.07) is 15.2. The molecule has 218 valence electrons. The molecule has 2 aromatic rings. The van der Waals surface area contributed by atoms with E-state index in [1.165, 1.54) is 37.7 Å². The smallest absolute Gasteiger partial charge is 0.245 e. The molecule has 2 fully saturated rings. The lowest BCUT2D eigenvalue weighted by Crippen LogP contribution is -2.63. The standard InChI is InChI=1S/C31H43Cl2N5O2/c32-26-19-25(20-27(33)22-26)21-28(36-29(39)9-13-34)30(40)37-15-17-38(18-16-37)31(11-5-2-6-12-31)23-35-14-10-24-7-3-1-4-8-24/h1,3-4,7-8,19-20,22,28,35H,2,5-6,9-18,21,23,34H2,(H,36,39)/t28-/m1/s1. The number of hydrogen-bond acceptors (Lipinski definition) is 5. The van der Waals surface area contributed by atoms with Gasteiger partial charge in [-0.05, 0) is 55.1 Å². The van der Waals surface area contributed by atoms with E-state index in [2.05, 4.69) is 45.9 Å². The van der Waals surface area contributed by atoms with Gasteiger partial charge >= 0.3 is 0 Å². The van der Waals surface area contributed by atoms with Crippen molar-refractivity contribution < 1.29 is 9.59 Å². The molecule has 0 spiro atoms. The molecule has 7 nitrogen and oxygen atoms in total. The van der Waals surface area contributed by atoms with Crippen molar-refractivity contribution in [3.63, 3.8) is 0 Å². The fraction of sp³-hybridized carbons (Fsp3) is 0.548. The number of nitrogens with one attached hydrogen (secondary N) is 2. The summed E-state index contributed by atoms with van der Waals surface area (Å²) >= 11 is 12.4. The maximum atomic E-state index is 13.7. The van der Waals surface area contributed by atoms with E-state index >= 15 is 0 Å². The molecule has 1 aliphatic heterocycles. The number of carbonyl (C=O) groups is 2. The SMILES string of the molecule is NCCC(=O)N[C@H](Cc1cc(Cl)cc(Cl)c1)C(=O)N1CCN(C2(CNCCc3ccccc3)CCCCC2)CC1. The van der Waals surface area contributed by atoms with Crippen LogP contribution in [0.15, 0.2) is 48.5 Å². The van der Waals surface area contributed by atoms with Crippen LogP contribution < -0.4 is 16.4 Å². The van der Waals surface area contributed by atoms with Gasteiger partial charge in [0.2, 0.25) is 11.8 Å². The highest BCUT2D eigenvalue weighted by atomic mass is 35.5. The molecular weight excluding hydrogens is 545 g/mol. The van der Waals surface area contributed by atoms with Gasteiger partial charge in [0, 0.05) is 67.7 Å². The van der Waals surface area contributed by atoms with Crippen molar-refractivity contribution in [1.29, 1.82) is 0 Å². The van der Waals surface area contributed by atoms with Gasteiger partial charge in [0.1, 0.15) is 6.04 Å². The highest BCUT2D eigenvalue weighted by Crippen LogP contribution is 2.34. The van der Waals surface area contributed by atoms with Gasteiger partial charge in [-0.25, -0.2) is 0 Å². The van der Waals surface area contributed by atoms with Crippen LogP contribution in [0.3, 0.4) is 0 Å². The highest BCUT2D eigenvalue weighted by Gasteiger charge is 2.40. The van der Waals surface area contributed by atoms with E-state index in [1.54, 1.807) is 18.2 Å². The molecule has 1 atom stereocenters. The fourth-order valence-corrected chi connectivity index (χ4v) is 6.77. The van der Waals surface area contributed by atoms with Crippen LogP contribution >= 0.6 is 23.2 Å². The Labute approximate surface area is 248 Å². The molecule has 4 N–H and O–H groups in total. The van der Waals surface area contributed by atoms with Crippen molar-refractivity contribution in [3.8, 4) is 0 Å². The second-order valence-electron chi connectivity index (χ2n) is 11.2. The molecule has 1 aliphatic carbocycles. The van der Waals surface area contributed by atoms with E-state index in [9.17, 15) is 9.59 Å². The largest absolute Gasteiger partial charge is 0.344 e. The van der Waals surface area contributed by atoms with E-state index < -0.39 is 6.04 Å². The van der Waals surface area contributed by atoms with Crippen LogP contribution in [0.2, 0.25) is 10.0 Å². The van der Waals surface area contributed by atoms with E-state index in [4.69, 9.17) is 28.9 Å². The predicted octanol–water partition coefficient (Wildman–Crippen LogP) is 4.05. The van der Waals surface area contributed by atoms with Crippen LogP contribution in [0.1, 0.15) is 49.7 Å². The average molecular weight is 589 g/mol. The van der Waals surface area contributed by atoms with E-state index in [0.717, 1.165) is 38.2 Å². The number of halogens is 2. The molecule has 1 saturated carbocycles. The Kier molecular flexibility index (Phi) is 11.7. The molecule has 2 aromatic carbocycles. The van der Waals surface area contributed by atoms with Crippen LogP contribution in [-0.2, 0) is 22.4 Å². The third-order valence-electron chi connectivity index (χ3n) is 8.30. The van der Waals surface area contributed by atoms with Crippen LogP contribution in [0.25, 0.3) is 0 Å². The van der Waals surface area contributed by atoms with E-state index in [1.807, 2.05) is 4.90 Å². The molecule has 2 amide bonds. The topological polar surface area (TPSA) is 90.7 Å². The first kappa shape index (κ1) is 30.8. The average Bonchev–Trinajstić information content (AvgIpc) is 2.95. The first-order chi connectivity index (χ1) is 19.4. The number of amides is 2. The number of piperazine rings is 1. The summed E-state index contributed by atoms with van der Waals surface area (Å²) in [4.78, 5) is 30.7. The van der Waals surface area contributed by atoms with Crippen molar-refractivity contribution >= 4 is 35.0 Å². The minimum absolute atomic E-state index is 0.0696. The molecule has 1 saturated heterocycles. The second kappa shape index (κ2) is 15.2. The molecule has 2 aliphatic rings. The number of nitrogens with two attached hydrogens (primary N) is 1. The Morgan fingerprint density at radius 3 is 2.25 bits per heavy atom. The zero-order valence-electron chi connectivity index (χ0n) is 23.3. The lowest BCUT2D eigenvalue weighted by molar-refractivity contribution is -0.139. The number of nitrogens with zero attached hydrogens (tertiary/aromatic N) is 2. The quantitative estimate of drug-likeness (QED) is 0.326. The maximum absolute atomic E-state index is 13.7. The van der Waals surface area contributed by atoms with Gasteiger partial charge in [0.25, 0.3) is 0 Å². The summed E-state index contributed by atoms with van der Waals surface area (Å²) in [5.74, 6) is -0.296. The first-order valence-electron chi connectivity index (χ1n) is 14.6. The molecule has 9 heteroatoms. The van der Waals surface area contributed by atoms with Gasteiger partial charge in [-0.1, -0.05) is 72.8 Å². The van der Waals surface area contributed by atoms with Crippen LogP contribution in [0.5, 0.6) is 0 Å². The summed E-state index contributed by atoms with van der Waals surface area (Å²) in [7, 11) is 0. The van der Waals surface area contributed by atoms with Gasteiger partial charge in [-0.3, -0.25) is 14.5 Å². The number of carbonyl (C=O) groups excluding carboxylic acids is 2. The zero-order valence-corrected chi connectivity index (χ0v) is 24.9. The fourth-order valence-electron chi connectivity index (χ4n) is 6.20. The second-order valence-corrected chi connectivity index (χ2v) is 12.0. The highest BCUT2D eigenvalue weighted by molar-refractivity contribution is 6.34. The molecule has 4 rings (SSSR count). The molecule has 0 aromatic heterocycles. The summed E-state index contributed by atoms with van der Waals surface area (Å²) in [6.45, 7) is 5.12. The van der Waals surface area contributed by atoms with Gasteiger partial charge < -0.3 is 21.3 Å². The zero-order chi connectivity index (χ0) is 28.4. The third kappa shape index (κ3) is 8.67. The summed E-state index contributed by atoms with van der Waals surface area (Å²) in [6.07, 6.45) is 7.68. The van der Waals surface area contributed by atoms with Gasteiger partial charge in [0.05, 0.1) is 0 Å². The van der Waals surface area contributed by atoms with Crippen molar-refractivity contribution in [2.45, 2.75) is 62.9 Å². The van der Waals surface area contributed by atoms with Crippen LogP contribution in [0, 0.1) is 0 Å². The van der Waals surface area contributed by atoms with Crippen LogP contribution in [0.4, 0.5) is 0 Å². The molecule has 0 radical (unpaired) electrons. The monoisotopic (exact) mass is 587 g/mol. The molecule has 0 unspecified atom stereocenters. The van der Waals surface area contributed by atoms with Gasteiger partial charge in [-0.2, -0.15) is 0 Å². The number of hydrogen-bond donors (Lipinski definition) is 3. The van der Waals surface area contributed by atoms with Crippen molar-refractivity contribution in [3.05, 3.63) is 69.7 Å². The first-order valence-corrected chi connectivity index (χ1v) is 15.4. The molecular formula is C31H43Cl2N5O2. The van der Waals surface area contributed by atoms with Crippen molar-refractivity contribution in [1.82, 2.24) is 20.4 Å². The van der Waals surface area contributed by atoms with E-state index in [0.29, 0.717) is 29.6 Å². The Bertz CT molecular complexity index is 1080. The summed E-state index contributed by atoms with van der Waals surface area (Å²) < 4.78 is 0. The third-order valence-corrected chi connectivity index (χ3v) is 8.74. The Hall–Kier alpha value is -2.16. The van der Waals surface area contributed by atoms with Crippen molar-refractivity contribution in [2.24, 2.45) is 5.73 Å². The molecule has 40 heavy (non-hydrogen) atoms. The number of benzene rings is 2. The van der Waals surface area contributed by atoms with E-state index in [-0.39, 0.29) is 30.3 Å². The molecule has 0 bridgehead atoms. The minimum Gasteiger partial charge on any atom is -0.344 e. The lowest BCUT2D eigenvalue weighted by Gasteiger charge is -2.50. The Morgan fingerprint density at radius 1 is 0.925 bits per heavy atom. The Balaban J connectivity index is 1.37. The van der Waals surface area contributed by atoms with Crippen LogP contribution in [-0.4, -0.2) is 79.0 Å². The van der Waals surface area contributed by atoms with Gasteiger partial charge in [0.15, 0.2) is 0 Å². The molecule has 1 heterocycles. The Morgan fingerprint density at radius 2 is 1.60 bits per heavy atom. The van der Waals surface area contributed by atoms with Gasteiger partial charge in [-0.15, -0.1) is 0 Å². The lowest BCUT2D eigenvalue weighted by atomic mass is 9.79. The summed E-state index contributed by atoms with van der Waals surface area (Å²) in [5, 5.41) is 7.69. The summed E-state index contributed by atoms with van der Waals surface area (Å²) in [5.41, 5.74) is 7.89. The number of rotatable bonds is 12. The minimum atomic E-state index is -0.691. The normalized spacial score (nSPS) is 18.3. The predicted molar refractivity (Wildman–Crippen MR) is 163 cm³/mol. The van der Waals surface area contributed by atoms with Crippen molar-refractivity contribution in [2.75, 3.05) is 45.8 Å².